The number of rotatable bonds is 8. The molecule has 2 amide bonds. The lowest BCUT2D eigenvalue weighted by Crippen LogP contribution is -2.58. The number of carbonyl (C=O) groups excluding carboxylic acids is 3. The van der Waals surface area contributed by atoms with Crippen LogP contribution in [-0.2, 0) is 28.9 Å². The van der Waals surface area contributed by atoms with E-state index in [1.807, 2.05) is 59.5 Å². The largest absolute Gasteiger partial charge is 0.497 e. The van der Waals surface area contributed by atoms with Crippen LogP contribution >= 0.6 is 0 Å². The fraction of sp³-hybridized carbons (Fsp3) is 0.310. The van der Waals surface area contributed by atoms with Gasteiger partial charge in [-0.05, 0) is 83.0 Å². The summed E-state index contributed by atoms with van der Waals surface area (Å²) in [6.45, 7) is 2.39. The van der Waals surface area contributed by atoms with Crippen molar-refractivity contribution in [3.05, 3.63) is 137 Å². The summed E-state index contributed by atoms with van der Waals surface area (Å²) in [5, 5.41) is 2.30. The van der Waals surface area contributed by atoms with Gasteiger partial charge in [-0.1, -0.05) is 72.8 Å². The number of fused-ring (bicyclic) bond motifs is 4. The predicted molar refractivity (Wildman–Crippen MR) is 191 cm³/mol. The fourth-order valence-corrected chi connectivity index (χ4v) is 8.90. The molecule has 2 saturated heterocycles. The Morgan fingerprint density at radius 1 is 0.820 bits per heavy atom. The molecule has 3 heterocycles. The van der Waals surface area contributed by atoms with Crippen molar-refractivity contribution in [2.45, 2.75) is 43.7 Å². The highest BCUT2D eigenvalue weighted by atomic mass is 16.5. The van der Waals surface area contributed by atoms with Crippen LogP contribution in [-0.4, -0.2) is 71.5 Å². The summed E-state index contributed by atoms with van der Waals surface area (Å²) >= 11 is 0. The van der Waals surface area contributed by atoms with E-state index in [-0.39, 0.29) is 30.1 Å². The molecule has 0 unspecified atom stereocenters. The normalized spacial score (nSPS) is 20.9. The average Bonchev–Trinajstić information content (AvgIpc) is 3.95. The summed E-state index contributed by atoms with van der Waals surface area (Å²) in [5.74, 6) is -0.349. The van der Waals surface area contributed by atoms with Crippen LogP contribution in [0.1, 0.15) is 62.0 Å². The highest BCUT2D eigenvalue weighted by Crippen LogP contribution is 2.55. The molecule has 0 saturated carbocycles. The molecule has 3 atom stereocenters. The summed E-state index contributed by atoms with van der Waals surface area (Å²) in [6, 6.07) is 33.5. The highest BCUT2D eigenvalue weighted by molar-refractivity contribution is 6.00. The molecule has 5 aromatic rings. The molecular formula is C42H41N3O5. The molecule has 0 bridgehead atoms. The van der Waals surface area contributed by atoms with Crippen LogP contribution in [0.3, 0.4) is 0 Å². The van der Waals surface area contributed by atoms with Crippen LogP contribution in [0.15, 0.2) is 103 Å². The van der Waals surface area contributed by atoms with E-state index in [4.69, 9.17) is 9.47 Å². The van der Waals surface area contributed by atoms with Crippen molar-refractivity contribution in [1.82, 2.24) is 14.4 Å². The van der Waals surface area contributed by atoms with Crippen molar-refractivity contribution >= 4 is 28.6 Å². The minimum absolute atomic E-state index is 0.0164. The zero-order valence-electron chi connectivity index (χ0n) is 28.5. The standard InChI is InChI=1S/C42H41N3O5/c1-49-33-19-17-28(18-20-33)25-42(41(48)50-2)38-32(27-45(42)39(46)30-12-4-3-5-13-30)23-36-35(38)24-37(40(47)43-21-8-9-22-43)44(36)26-31-15-10-14-29-11-6-7-16-34(29)31/h3-7,10-20,24,32,38H,8-9,21-23,25-27H2,1-2H3/t32-,38+,42+/m0/s1. The summed E-state index contributed by atoms with van der Waals surface area (Å²) in [7, 11) is 3.03. The molecular weight excluding hydrogens is 626 g/mol. The molecule has 50 heavy (non-hydrogen) atoms. The van der Waals surface area contributed by atoms with Gasteiger partial charge in [0.05, 0.1) is 14.2 Å². The summed E-state index contributed by atoms with van der Waals surface area (Å²) < 4.78 is 13.3. The Morgan fingerprint density at radius 3 is 2.28 bits per heavy atom. The van der Waals surface area contributed by atoms with Gasteiger partial charge >= 0.3 is 5.97 Å². The third-order valence-corrected chi connectivity index (χ3v) is 11.2. The van der Waals surface area contributed by atoms with Crippen molar-refractivity contribution in [2.24, 2.45) is 5.92 Å². The van der Waals surface area contributed by atoms with E-state index in [1.165, 1.54) is 7.11 Å². The number of ether oxygens (including phenoxy) is 2. The molecule has 3 aliphatic rings. The van der Waals surface area contributed by atoms with E-state index in [9.17, 15) is 14.4 Å². The number of esters is 1. The number of likely N-dealkylation sites (tertiary alicyclic amines) is 2. The van der Waals surface area contributed by atoms with Crippen molar-refractivity contribution in [3.8, 4) is 5.75 Å². The molecule has 0 spiro atoms. The number of hydrogen-bond donors (Lipinski definition) is 0. The van der Waals surface area contributed by atoms with Gasteiger partial charge in [-0.25, -0.2) is 4.79 Å². The Balaban J connectivity index is 1.30. The van der Waals surface area contributed by atoms with Gasteiger partial charge in [0.2, 0.25) is 0 Å². The zero-order valence-corrected chi connectivity index (χ0v) is 28.5. The Labute approximate surface area is 292 Å². The lowest BCUT2D eigenvalue weighted by atomic mass is 9.75. The van der Waals surface area contributed by atoms with E-state index >= 15 is 0 Å². The van der Waals surface area contributed by atoms with Gasteiger partial charge in [0.1, 0.15) is 11.4 Å². The lowest BCUT2D eigenvalue weighted by molar-refractivity contribution is -0.153. The van der Waals surface area contributed by atoms with Gasteiger partial charge in [0, 0.05) is 49.8 Å². The number of aromatic nitrogens is 1. The Bertz CT molecular complexity index is 2080. The topological polar surface area (TPSA) is 81.1 Å². The van der Waals surface area contributed by atoms with E-state index < -0.39 is 11.5 Å². The second-order valence-corrected chi connectivity index (χ2v) is 13.8. The summed E-state index contributed by atoms with van der Waals surface area (Å²) in [5.41, 5.74) is 3.86. The van der Waals surface area contributed by atoms with Crippen LogP contribution < -0.4 is 4.74 Å². The Kier molecular flexibility index (Phi) is 8.17. The van der Waals surface area contributed by atoms with Crippen molar-refractivity contribution < 1.29 is 23.9 Å². The maximum atomic E-state index is 14.5. The smallest absolute Gasteiger partial charge is 0.332 e. The van der Waals surface area contributed by atoms with Gasteiger partial charge in [-0.2, -0.15) is 0 Å². The molecule has 8 rings (SSSR count). The first kappa shape index (κ1) is 31.9. The fourth-order valence-electron chi connectivity index (χ4n) is 8.90. The second-order valence-electron chi connectivity index (χ2n) is 13.8. The lowest BCUT2D eigenvalue weighted by Gasteiger charge is -2.40. The quantitative estimate of drug-likeness (QED) is 0.177. The first-order valence-corrected chi connectivity index (χ1v) is 17.5. The Hall–Kier alpha value is -5.37. The maximum Gasteiger partial charge on any atom is 0.332 e. The van der Waals surface area contributed by atoms with Gasteiger partial charge in [0.25, 0.3) is 11.8 Å². The van der Waals surface area contributed by atoms with Crippen LogP contribution in [0.5, 0.6) is 5.75 Å². The molecule has 0 N–H and O–H groups in total. The molecule has 1 aromatic heterocycles. The minimum Gasteiger partial charge on any atom is -0.497 e. The van der Waals surface area contributed by atoms with Crippen LogP contribution in [0, 0.1) is 5.92 Å². The van der Waals surface area contributed by atoms with Gasteiger partial charge < -0.3 is 23.8 Å². The first-order valence-electron chi connectivity index (χ1n) is 17.5. The molecule has 8 heteroatoms. The number of methoxy groups -OCH3 is 2. The van der Waals surface area contributed by atoms with E-state index in [0.717, 1.165) is 59.1 Å². The number of amides is 2. The average molecular weight is 668 g/mol. The monoisotopic (exact) mass is 667 g/mol. The molecule has 2 aliphatic heterocycles. The number of carbonyl (C=O) groups is 3. The molecule has 2 fully saturated rings. The van der Waals surface area contributed by atoms with Gasteiger partial charge in [-0.3, -0.25) is 9.59 Å². The van der Waals surface area contributed by atoms with Crippen LogP contribution in [0.4, 0.5) is 0 Å². The van der Waals surface area contributed by atoms with Crippen molar-refractivity contribution in [2.75, 3.05) is 33.9 Å². The van der Waals surface area contributed by atoms with Gasteiger partial charge in [-0.15, -0.1) is 0 Å². The second kappa shape index (κ2) is 12.8. The number of hydrogen-bond acceptors (Lipinski definition) is 5. The third kappa shape index (κ3) is 5.16. The van der Waals surface area contributed by atoms with Crippen molar-refractivity contribution in [1.29, 1.82) is 0 Å². The molecule has 4 aromatic carbocycles. The van der Waals surface area contributed by atoms with Crippen LogP contribution in [0.25, 0.3) is 10.8 Å². The molecule has 254 valence electrons. The van der Waals surface area contributed by atoms with Gasteiger partial charge in [0.15, 0.2) is 5.54 Å². The predicted octanol–water partition coefficient (Wildman–Crippen LogP) is 6.50. The molecule has 1 aliphatic carbocycles. The van der Waals surface area contributed by atoms with E-state index in [0.29, 0.717) is 36.5 Å². The minimum atomic E-state index is -1.34. The van der Waals surface area contributed by atoms with Crippen molar-refractivity contribution in [3.63, 3.8) is 0 Å². The summed E-state index contributed by atoms with van der Waals surface area (Å²) in [4.78, 5) is 47.0. The van der Waals surface area contributed by atoms with E-state index in [2.05, 4.69) is 41.0 Å². The van der Waals surface area contributed by atoms with Crippen LogP contribution in [0.2, 0.25) is 0 Å². The zero-order chi connectivity index (χ0) is 34.4. The number of benzene rings is 4. The number of nitrogens with zero attached hydrogens (tertiary/aromatic N) is 3. The highest BCUT2D eigenvalue weighted by Gasteiger charge is 2.64. The van der Waals surface area contributed by atoms with E-state index in [1.54, 1.807) is 24.1 Å². The SMILES string of the molecule is COC(=O)[C@@]1(Cc2ccc(OC)cc2)[C@H]2c3cc(C(=O)N4CCCC4)n(Cc4cccc5ccccc45)c3C[C@H]2CN1C(=O)c1ccccc1. The first-order chi connectivity index (χ1) is 24.4. The maximum absolute atomic E-state index is 14.5. The summed E-state index contributed by atoms with van der Waals surface area (Å²) in [6.07, 6.45) is 2.87. The molecule has 0 radical (unpaired) electrons. The molecule has 8 nitrogen and oxygen atoms in total. The Morgan fingerprint density at radius 2 is 1.54 bits per heavy atom. The third-order valence-electron chi connectivity index (χ3n) is 11.2.